The number of carbonyl (C=O) groups is 1. The first-order valence-corrected chi connectivity index (χ1v) is 12.9. The van der Waals surface area contributed by atoms with Crippen molar-refractivity contribution in [1.29, 1.82) is 5.26 Å². The van der Waals surface area contributed by atoms with Crippen LogP contribution in [0.25, 0.3) is 0 Å². The number of rotatable bonds is 8. The van der Waals surface area contributed by atoms with E-state index in [2.05, 4.69) is 11.2 Å². The van der Waals surface area contributed by atoms with Gasteiger partial charge in [0.1, 0.15) is 0 Å². The standard InChI is InChI=1S/C25H25N2O2PS/c1-3-29-24(28)25(18-19-26,21-16-14-20(2)15-17-21)27-30(31,22-10-6-4-7-11-22)23-12-8-5-9-13-23/h4-17H,3,18H2,1-2H3,(H,27,31)/t25-/m1/s1. The lowest BCUT2D eigenvalue weighted by Crippen LogP contribution is -2.51. The average molecular weight is 449 g/mol. The van der Waals surface area contributed by atoms with Crippen LogP contribution < -0.4 is 15.7 Å². The zero-order chi connectivity index (χ0) is 22.3. The summed E-state index contributed by atoms with van der Waals surface area (Å²) in [6, 6.07) is 29.3. The fourth-order valence-electron chi connectivity index (χ4n) is 3.48. The molecule has 0 aromatic heterocycles. The van der Waals surface area contributed by atoms with Crippen LogP contribution in [0.5, 0.6) is 0 Å². The number of nitrogens with zero attached hydrogens (tertiary/aromatic N) is 1. The van der Waals surface area contributed by atoms with Gasteiger partial charge in [-0.05, 0) is 19.4 Å². The van der Waals surface area contributed by atoms with E-state index in [-0.39, 0.29) is 13.0 Å². The maximum absolute atomic E-state index is 13.4. The maximum Gasteiger partial charge on any atom is 0.332 e. The lowest BCUT2D eigenvalue weighted by molar-refractivity contribution is -0.150. The number of esters is 1. The van der Waals surface area contributed by atoms with Crippen molar-refractivity contribution in [2.45, 2.75) is 25.8 Å². The molecule has 0 spiro atoms. The molecule has 31 heavy (non-hydrogen) atoms. The summed E-state index contributed by atoms with van der Waals surface area (Å²) < 4.78 is 5.48. The van der Waals surface area contributed by atoms with Crippen molar-refractivity contribution in [3.63, 3.8) is 0 Å². The molecule has 158 valence electrons. The predicted octanol–water partition coefficient (Wildman–Crippen LogP) is 4.30. The maximum atomic E-state index is 13.4. The third-order valence-electron chi connectivity index (χ3n) is 5.10. The van der Waals surface area contributed by atoms with Gasteiger partial charge in [-0.1, -0.05) is 102 Å². The number of ether oxygens (including phenoxy) is 1. The molecule has 0 heterocycles. The highest BCUT2D eigenvalue weighted by Gasteiger charge is 2.46. The van der Waals surface area contributed by atoms with Crippen molar-refractivity contribution in [2.75, 3.05) is 6.61 Å². The number of nitrogens with one attached hydrogen (secondary N) is 1. The molecule has 0 saturated heterocycles. The van der Waals surface area contributed by atoms with Gasteiger partial charge >= 0.3 is 5.97 Å². The minimum absolute atomic E-state index is 0.104. The van der Waals surface area contributed by atoms with Crippen LogP contribution in [0.3, 0.4) is 0 Å². The van der Waals surface area contributed by atoms with Crippen LogP contribution in [0.2, 0.25) is 0 Å². The number of carbonyl (C=O) groups excluding carboxylic acids is 1. The number of nitriles is 1. The van der Waals surface area contributed by atoms with Gasteiger partial charge in [0.25, 0.3) is 0 Å². The highest BCUT2D eigenvalue weighted by molar-refractivity contribution is 8.21. The monoisotopic (exact) mass is 448 g/mol. The third kappa shape index (κ3) is 4.78. The van der Waals surface area contributed by atoms with Crippen molar-refractivity contribution in [3.05, 3.63) is 96.1 Å². The van der Waals surface area contributed by atoms with Gasteiger partial charge in [-0.25, -0.2) is 4.79 Å². The Labute approximate surface area is 188 Å². The van der Waals surface area contributed by atoms with Crippen molar-refractivity contribution in [2.24, 2.45) is 0 Å². The molecule has 0 amide bonds. The average Bonchev–Trinajstić information content (AvgIpc) is 2.80. The second-order valence-electron chi connectivity index (χ2n) is 7.22. The first-order valence-electron chi connectivity index (χ1n) is 10.1. The van der Waals surface area contributed by atoms with Gasteiger partial charge in [0.2, 0.25) is 0 Å². The summed E-state index contributed by atoms with van der Waals surface area (Å²) in [4.78, 5) is 13.4. The Balaban J connectivity index is 2.26. The Morgan fingerprint density at radius 1 is 1.00 bits per heavy atom. The number of aryl methyl sites for hydroxylation is 1. The molecular weight excluding hydrogens is 423 g/mol. The van der Waals surface area contributed by atoms with E-state index < -0.39 is 17.7 Å². The van der Waals surface area contributed by atoms with E-state index >= 15 is 0 Å². The molecule has 0 aliphatic heterocycles. The van der Waals surface area contributed by atoms with E-state index in [1.165, 1.54) is 0 Å². The van der Waals surface area contributed by atoms with Gasteiger partial charge in [0.15, 0.2) is 5.54 Å². The Kier molecular flexibility index (Phi) is 7.41. The zero-order valence-electron chi connectivity index (χ0n) is 17.6. The van der Waals surface area contributed by atoms with Gasteiger partial charge in [0.05, 0.1) is 25.3 Å². The first kappa shape index (κ1) is 22.9. The molecule has 0 fully saturated rings. The molecule has 6 heteroatoms. The molecule has 0 aliphatic rings. The molecule has 3 rings (SSSR count). The van der Waals surface area contributed by atoms with E-state index in [0.717, 1.165) is 16.2 Å². The number of hydrogen-bond donors (Lipinski definition) is 1. The largest absolute Gasteiger partial charge is 0.464 e. The van der Waals surface area contributed by atoms with Crippen molar-refractivity contribution in [3.8, 4) is 6.07 Å². The summed E-state index contributed by atoms with van der Waals surface area (Å²) in [5.41, 5.74) is 0.336. The van der Waals surface area contributed by atoms with Gasteiger partial charge < -0.3 is 4.74 Å². The van der Waals surface area contributed by atoms with Crippen LogP contribution in [-0.2, 0) is 26.9 Å². The van der Waals surface area contributed by atoms with E-state index in [1.807, 2.05) is 91.9 Å². The molecule has 3 aromatic rings. The molecule has 0 aliphatic carbocycles. The van der Waals surface area contributed by atoms with E-state index in [4.69, 9.17) is 16.5 Å². The first-order chi connectivity index (χ1) is 15.0. The third-order valence-corrected chi connectivity index (χ3v) is 9.39. The fraction of sp³-hybridized carbons (Fsp3) is 0.200. The molecule has 0 saturated carbocycles. The van der Waals surface area contributed by atoms with Gasteiger partial charge in [0, 0.05) is 10.6 Å². The van der Waals surface area contributed by atoms with Crippen molar-refractivity contribution >= 4 is 34.6 Å². The lowest BCUT2D eigenvalue weighted by Gasteiger charge is -2.37. The highest BCUT2D eigenvalue weighted by Crippen LogP contribution is 2.45. The number of benzene rings is 3. The summed E-state index contributed by atoms with van der Waals surface area (Å²) in [6.45, 7) is 3.94. The van der Waals surface area contributed by atoms with Gasteiger partial charge in [-0.15, -0.1) is 0 Å². The fourth-order valence-corrected chi connectivity index (χ4v) is 7.25. The van der Waals surface area contributed by atoms with Crippen LogP contribution >= 0.6 is 6.19 Å². The minimum atomic E-state index is -2.70. The molecule has 3 aromatic carbocycles. The summed E-state index contributed by atoms with van der Waals surface area (Å²) in [7, 11) is 0. The highest BCUT2D eigenvalue weighted by atomic mass is 32.4. The molecule has 1 N–H and O–H groups in total. The molecular formula is C25H25N2O2PS. The topological polar surface area (TPSA) is 62.1 Å². The second-order valence-corrected chi connectivity index (χ2v) is 11.3. The molecule has 0 bridgehead atoms. The molecule has 0 radical (unpaired) electrons. The SMILES string of the molecule is CCOC(=O)[C@](CC#N)(NP(=S)(c1ccccc1)c1ccccc1)c1ccc(C)cc1. The normalized spacial score (nSPS) is 13.1. The molecule has 1 atom stereocenters. The summed E-state index contributed by atoms with van der Waals surface area (Å²) in [6.07, 6.45) is -2.80. The van der Waals surface area contributed by atoms with Crippen molar-refractivity contribution in [1.82, 2.24) is 5.09 Å². The van der Waals surface area contributed by atoms with Crippen LogP contribution in [0.4, 0.5) is 0 Å². The quantitative estimate of drug-likeness (QED) is 0.411. The molecule has 0 unspecified atom stereocenters. The van der Waals surface area contributed by atoms with Crippen molar-refractivity contribution < 1.29 is 9.53 Å². The minimum Gasteiger partial charge on any atom is -0.464 e. The van der Waals surface area contributed by atoms with E-state index in [0.29, 0.717) is 5.56 Å². The Morgan fingerprint density at radius 2 is 1.52 bits per heavy atom. The predicted molar refractivity (Wildman–Crippen MR) is 129 cm³/mol. The molecule has 4 nitrogen and oxygen atoms in total. The lowest BCUT2D eigenvalue weighted by atomic mass is 9.87. The Morgan fingerprint density at radius 3 is 1.97 bits per heavy atom. The van der Waals surface area contributed by atoms with Gasteiger partial charge in [-0.2, -0.15) is 5.26 Å². The Hall–Kier alpha value is -2.77. The smallest absolute Gasteiger partial charge is 0.332 e. The number of hydrogen-bond acceptors (Lipinski definition) is 4. The van der Waals surface area contributed by atoms with E-state index in [1.54, 1.807) is 6.92 Å². The second kappa shape index (κ2) is 10.0. The summed E-state index contributed by atoms with van der Waals surface area (Å²) >= 11 is 6.31. The summed E-state index contributed by atoms with van der Waals surface area (Å²) in [5, 5.41) is 15.1. The Bertz CT molecular complexity index is 1070. The zero-order valence-corrected chi connectivity index (χ0v) is 19.3. The van der Waals surface area contributed by atoms with Crippen LogP contribution in [0, 0.1) is 18.3 Å². The van der Waals surface area contributed by atoms with E-state index in [9.17, 15) is 10.1 Å². The van der Waals surface area contributed by atoms with Crippen LogP contribution in [0.1, 0.15) is 24.5 Å². The van der Waals surface area contributed by atoms with Crippen LogP contribution in [-0.4, -0.2) is 12.6 Å². The summed E-state index contributed by atoms with van der Waals surface area (Å²) in [5.74, 6) is -0.499. The van der Waals surface area contributed by atoms with Crippen LogP contribution in [0.15, 0.2) is 84.9 Å². The van der Waals surface area contributed by atoms with Gasteiger partial charge in [-0.3, -0.25) is 5.09 Å².